The Kier molecular flexibility index (Phi) is 5.50. The summed E-state index contributed by atoms with van der Waals surface area (Å²) in [7, 11) is 0. The Balaban J connectivity index is 1.96. The zero-order valence-electron chi connectivity index (χ0n) is 16.5. The van der Waals surface area contributed by atoms with Crippen LogP contribution in [0.3, 0.4) is 0 Å². The molecule has 26 heavy (non-hydrogen) atoms. The summed E-state index contributed by atoms with van der Waals surface area (Å²) < 4.78 is 0. The molecule has 2 aromatic rings. The summed E-state index contributed by atoms with van der Waals surface area (Å²) in [6.07, 6.45) is 6.92. The first-order valence-electron chi connectivity index (χ1n) is 9.83. The van der Waals surface area contributed by atoms with Gasteiger partial charge in [-0.05, 0) is 36.8 Å². The Labute approximate surface area is 158 Å². The summed E-state index contributed by atoms with van der Waals surface area (Å²) in [4.78, 5) is 4.87. The van der Waals surface area contributed by atoms with E-state index >= 15 is 0 Å². The normalized spacial score (nSPS) is 21.2. The molecule has 1 saturated carbocycles. The molecule has 2 atom stereocenters. The lowest BCUT2D eigenvalue weighted by molar-refractivity contribution is 0.333. The second kappa shape index (κ2) is 7.65. The molecule has 1 fully saturated rings. The smallest absolute Gasteiger partial charge is 0.128 e. The second-order valence-electron chi connectivity index (χ2n) is 8.29. The molecule has 1 aliphatic carbocycles. The Morgan fingerprint density at radius 3 is 2.42 bits per heavy atom. The molecule has 138 valence electrons. The van der Waals surface area contributed by atoms with E-state index in [0.29, 0.717) is 17.7 Å². The molecule has 0 amide bonds. The van der Waals surface area contributed by atoms with Crippen molar-refractivity contribution in [2.75, 3.05) is 0 Å². The van der Waals surface area contributed by atoms with E-state index in [0.717, 1.165) is 23.1 Å². The molecule has 2 nitrogen and oxygen atoms in total. The van der Waals surface area contributed by atoms with Crippen molar-refractivity contribution >= 4 is 6.21 Å². The minimum atomic E-state index is -0.264. The van der Waals surface area contributed by atoms with Crippen LogP contribution in [0.5, 0.6) is 5.75 Å². The third-order valence-corrected chi connectivity index (χ3v) is 6.07. The standard InChI is InChI=1S/C24H31NO/c1-17-14-15-21(24(3,4)19-11-6-5-7-12-19)23(26)20(17)16-25-22-13-9-8-10-18(22)2/h5-7,11-12,14-16,18,22,26H,8-10,13H2,1-4H3. The maximum absolute atomic E-state index is 11.1. The minimum absolute atomic E-state index is 0.264. The number of aromatic hydroxyl groups is 1. The first kappa shape index (κ1) is 18.7. The Morgan fingerprint density at radius 1 is 1.04 bits per heavy atom. The lowest BCUT2D eigenvalue weighted by Gasteiger charge is -2.28. The molecule has 0 heterocycles. The first-order chi connectivity index (χ1) is 12.4. The van der Waals surface area contributed by atoms with Gasteiger partial charge in [0, 0.05) is 22.8 Å². The molecule has 2 aromatic carbocycles. The van der Waals surface area contributed by atoms with E-state index in [9.17, 15) is 5.11 Å². The Morgan fingerprint density at radius 2 is 1.73 bits per heavy atom. The van der Waals surface area contributed by atoms with E-state index in [4.69, 9.17) is 4.99 Å². The van der Waals surface area contributed by atoms with Gasteiger partial charge in [0.2, 0.25) is 0 Å². The fourth-order valence-electron chi connectivity index (χ4n) is 4.07. The van der Waals surface area contributed by atoms with Crippen molar-refractivity contribution in [3.63, 3.8) is 0 Å². The molecule has 1 aliphatic rings. The molecular formula is C24H31NO. The molecule has 0 bridgehead atoms. The highest BCUT2D eigenvalue weighted by molar-refractivity contribution is 5.86. The molecule has 3 rings (SSSR count). The number of hydrogen-bond acceptors (Lipinski definition) is 2. The predicted molar refractivity (Wildman–Crippen MR) is 110 cm³/mol. The van der Waals surface area contributed by atoms with E-state index in [-0.39, 0.29) is 5.41 Å². The second-order valence-corrected chi connectivity index (χ2v) is 8.29. The van der Waals surface area contributed by atoms with Gasteiger partial charge in [-0.15, -0.1) is 0 Å². The van der Waals surface area contributed by atoms with Gasteiger partial charge in [-0.1, -0.05) is 76.1 Å². The number of aryl methyl sites for hydroxylation is 1. The van der Waals surface area contributed by atoms with E-state index < -0.39 is 0 Å². The van der Waals surface area contributed by atoms with Crippen LogP contribution in [-0.2, 0) is 5.41 Å². The lowest BCUT2D eigenvalue weighted by atomic mass is 9.76. The van der Waals surface area contributed by atoms with Gasteiger partial charge in [0.15, 0.2) is 0 Å². The zero-order chi connectivity index (χ0) is 18.7. The third-order valence-electron chi connectivity index (χ3n) is 6.07. The summed E-state index contributed by atoms with van der Waals surface area (Å²) in [6, 6.07) is 14.9. The van der Waals surface area contributed by atoms with Crippen LogP contribution < -0.4 is 0 Å². The number of aliphatic imine (C=N–C) groups is 1. The van der Waals surface area contributed by atoms with Gasteiger partial charge < -0.3 is 5.11 Å². The van der Waals surface area contributed by atoms with Crippen LogP contribution in [0.25, 0.3) is 0 Å². The molecular weight excluding hydrogens is 318 g/mol. The fourth-order valence-corrected chi connectivity index (χ4v) is 4.07. The van der Waals surface area contributed by atoms with Crippen molar-refractivity contribution in [2.45, 2.75) is 64.8 Å². The monoisotopic (exact) mass is 349 g/mol. The zero-order valence-corrected chi connectivity index (χ0v) is 16.5. The number of hydrogen-bond donors (Lipinski definition) is 1. The molecule has 1 N–H and O–H groups in total. The van der Waals surface area contributed by atoms with Crippen LogP contribution in [0.1, 0.15) is 68.7 Å². The van der Waals surface area contributed by atoms with Gasteiger partial charge in [0.25, 0.3) is 0 Å². The van der Waals surface area contributed by atoms with Crippen molar-refractivity contribution in [1.29, 1.82) is 0 Å². The summed E-state index contributed by atoms with van der Waals surface area (Å²) in [5.41, 5.74) is 3.82. The molecule has 0 spiro atoms. The van der Waals surface area contributed by atoms with Gasteiger partial charge >= 0.3 is 0 Å². The van der Waals surface area contributed by atoms with Crippen molar-refractivity contribution in [2.24, 2.45) is 10.9 Å². The Hall–Kier alpha value is -2.09. The third kappa shape index (κ3) is 3.70. The van der Waals surface area contributed by atoms with Crippen LogP contribution in [0.15, 0.2) is 47.5 Å². The van der Waals surface area contributed by atoms with Gasteiger partial charge in [0.05, 0.1) is 6.04 Å². The van der Waals surface area contributed by atoms with Crippen LogP contribution in [-0.4, -0.2) is 17.4 Å². The summed E-state index contributed by atoms with van der Waals surface area (Å²) in [5, 5.41) is 11.1. The Bertz CT molecular complexity index is 776. The van der Waals surface area contributed by atoms with Crippen LogP contribution in [0.2, 0.25) is 0 Å². The molecule has 0 saturated heterocycles. The van der Waals surface area contributed by atoms with Gasteiger partial charge in [-0.3, -0.25) is 4.99 Å². The molecule has 0 radical (unpaired) electrons. The maximum atomic E-state index is 11.1. The highest BCUT2D eigenvalue weighted by Gasteiger charge is 2.27. The molecule has 2 heteroatoms. The molecule has 0 aromatic heterocycles. The van der Waals surface area contributed by atoms with Crippen molar-refractivity contribution in [3.8, 4) is 5.75 Å². The quantitative estimate of drug-likeness (QED) is 0.672. The SMILES string of the molecule is Cc1ccc(C(C)(C)c2ccccc2)c(O)c1C=NC1CCCCC1C. The van der Waals surface area contributed by atoms with Gasteiger partial charge in [-0.25, -0.2) is 0 Å². The van der Waals surface area contributed by atoms with Crippen molar-refractivity contribution in [1.82, 2.24) is 0 Å². The van der Waals surface area contributed by atoms with Gasteiger partial charge in [-0.2, -0.15) is 0 Å². The van der Waals surface area contributed by atoms with Crippen LogP contribution >= 0.6 is 0 Å². The topological polar surface area (TPSA) is 32.6 Å². The average molecular weight is 350 g/mol. The van der Waals surface area contributed by atoms with Crippen LogP contribution in [0, 0.1) is 12.8 Å². The van der Waals surface area contributed by atoms with Gasteiger partial charge in [0.1, 0.15) is 5.75 Å². The van der Waals surface area contributed by atoms with Crippen LogP contribution in [0.4, 0.5) is 0 Å². The number of phenols is 1. The number of nitrogens with zero attached hydrogens (tertiary/aromatic N) is 1. The largest absolute Gasteiger partial charge is 0.507 e. The summed E-state index contributed by atoms with van der Waals surface area (Å²) in [5.74, 6) is 0.998. The molecule has 0 aliphatic heterocycles. The summed E-state index contributed by atoms with van der Waals surface area (Å²) in [6.45, 7) is 8.67. The lowest BCUT2D eigenvalue weighted by Crippen LogP contribution is -2.21. The van der Waals surface area contributed by atoms with E-state index in [2.05, 4.69) is 57.2 Å². The highest BCUT2D eigenvalue weighted by atomic mass is 16.3. The maximum Gasteiger partial charge on any atom is 0.128 e. The number of phenolic OH excluding ortho intramolecular Hbond substituents is 1. The van der Waals surface area contributed by atoms with E-state index in [1.165, 1.54) is 24.8 Å². The van der Waals surface area contributed by atoms with E-state index in [1.54, 1.807) is 0 Å². The first-order valence-corrected chi connectivity index (χ1v) is 9.83. The molecule has 2 unspecified atom stereocenters. The number of rotatable bonds is 4. The average Bonchev–Trinajstić information content (AvgIpc) is 2.63. The van der Waals surface area contributed by atoms with Crippen molar-refractivity contribution in [3.05, 3.63) is 64.7 Å². The summed E-state index contributed by atoms with van der Waals surface area (Å²) >= 11 is 0. The highest BCUT2D eigenvalue weighted by Crippen LogP contribution is 2.39. The minimum Gasteiger partial charge on any atom is -0.507 e. The van der Waals surface area contributed by atoms with E-state index in [1.807, 2.05) is 19.2 Å². The fraction of sp³-hybridized carbons (Fsp3) is 0.458. The predicted octanol–water partition coefficient (Wildman–Crippen LogP) is 6.02. The number of benzene rings is 2. The van der Waals surface area contributed by atoms with Crippen molar-refractivity contribution < 1.29 is 5.11 Å².